The highest BCUT2D eigenvalue weighted by molar-refractivity contribution is 6.62. The lowest BCUT2D eigenvalue weighted by atomic mass is 9.65. The Kier molecular flexibility index (Phi) is 20.6. The normalized spacial score (nSPS) is 14.0. The summed E-state index contributed by atoms with van der Waals surface area (Å²) >= 11 is 5.99. The van der Waals surface area contributed by atoms with Crippen LogP contribution >= 0.6 is 11.6 Å². The monoisotopic (exact) mass is 1750 g/mol. The Morgan fingerprint density at radius 1 is 0.201 bits per heavy atom. The van der Waals surface area contributed by atoms with Gasteiger partial charge in [0, 0.05) is 83.5 Å². The minimum absolute atomic E-state index is 0.202. The molecule has 0 unspecified atom stereocenters. The first kappa shape index (κ1) is 81.9. The fourth-order valence-corrected chi connectivity index (χ4v) is 19.3. The van der Waals surface area contributed by atoms with Crippen molar-refractivity contribution in [3.63, 3.8) is 0 Å². The van der Waals surface area contributed by atoms with E-state index >= 15 is 0 Å². The Morgan fingerprint density at radius 2 is 0.440 bits per heavy atom. The fourth-order valence-electron chi connectivity index (χ4n) is 19.1. The molecule has 5 aliphatic rings. The minimum Gasteiger partial charge on any atom is -0.457 e. The molecule has 0 atom stereocenters. The van der Waals surface area contributed by atoms with Crippen LogP contribution < -0.4 is 14.9 Å². The van der Waals surface area contributed by atoms with Crippen LogP contribution in [0.15, 0.2) is 413 Å². The molecule has 0 amide bonds. The molecule has 2 aliphatic carbocycles. The van der Waals surface area contributed by atoms with Gasteiger partial charge in [-0.2, -0.15) is 9.97 Å². The molecule has 3 aliphatic heterocycles. The van der Waals surface area contributed by atoms with E-state index in [9.17, 15) is 0 Å². The van der Waals surface area contributed by atoms with E-state index in [4.69, 9.17) is 75.2 Å². The summed E-state index contributed by atoms with van der Waals surface area (Å²) in [6.07, 6.45) is 0. The van der Waals surface area contributed by atoms with Gasteiger partial charge in [-0.15, -0.1) is 0 Å². The maximum absolute atomic E-state index is 6.68. The molecule has 134 heavy (non-hydrogen) atoms. The molecule has 20 aromatic rings. The van der Waals surface area contributed by atoms with Crippen LogP contribution in [0.4, 0.5) is 0 Å². The van der Waals surface area contributed by atoms with Crippen molar-refractivity contribution in [2.75, 3.05) is 0 Å². The third kappa shape index (κ3) is 14.4. The highest BCUT2D eigenvalue weighted by Crippen LogP contribution is 2.66. The zero-order valence-electron chi connectivity index (χ0n) is 73.2. The van der Waals surface area contributed by atoms with Gasteiger partial charge in [0.25, 0.3) is 0 Å². The molecule has 16 nitrogen and oxygen atoms in total. The molecule has 4 aromatic heterocycles. The van der Waals surface area contributed by atoms with Crippen molar-refractivity contribution in [2.24, 2.45) is 0 Å². The second-order valence-electron chi connectivity index (χ2n) is 34.4. The average Bonchev–Trinajstić information content (AvgIpc) is 1.51. The van der Waals surface area contributed by atoms with E-state index in [1.165, 1.54) is 0 Å². The predicted molar refractivity (Wildman–Crippen MR) is 528 cm³/mol. The third-order valence-corrected chi connectivity index (χ3v) is 26.2. The van der Waals surface area contributed by atoms with E-state index in [0.717, 1.165) is 156 Å². The Hall–Kier alpha value is -16.6. The first-order valence-electron chi connectivity index (χ1n) is 44.6. The van der Waals surface area contributed by atoms with Crippen LogP contribution in [-0.2, 0) is 20.1 Å². The SMILES string of the molecule is CC1(C)OB(c2ccc3c(c2)-c2c(-c4nc(-c5ccccc5)nc(-c5ccccc5)n4)cccc2C32c3ccccc3Oc3ccccc32)OC1(C)C.Clc1nc(-c2ccccc2)nc(-c2ccccc2)n1.c1ccc(-c2nc(-c3ccccc3)nc(-c3ccc4c(c3)-c3c(-c5nc(-c6ccccc6)nc(-c6ccccc6)n5)cccc3C43c4ccccc4Oc4ccccc43)n2)cc1. The summed E-state index contributed by atoms with van der Waals surface area (Å²) in [5.74, 6) is 9.87. The largest absolute Gasteiger partial charge is 0.494 e. The lowest BCUT2D eigenvalue weighted by Gasteiger charge is -2.39. The predicted octanol–water partition coefficient (Wildman–Crippen LogP) is 26.0. The summed E-state index contributed by atoms with van der Waals surface area (Å²) in [5, 5.41) is 0.202. The summed E-state index contributed by atoms with van der Waals surface area (Å²) in [6.45, 7) is 8.37. The van der Waals surface area contributed by atoms with Gasteiger partial charge >= 0.3 is 7.12 Å². The highest BCUT2D eigenvalue weighted by atomic mass is 35.5. The number of nitrogens with zero attached hydrogens (tertiary/aromatic N) is 12. The number of aromatic nitrogens is 12. The molecular weight excluding hydrogens is 1670 g/mol. The maximum atomic E-state index is 6.68. The van der Waals surface area contributed by atoms with Gasteiger partial charge in [-0.05, 0) is 120 Å². The smallest absolute Gasteiger partial charge is 0.457 e. The van der Waals surface area contributed by atoms with Gasteiger partial charge in [-0.3, -0.25) is 0 Å². The molecule has 16 aromatic carbocycles. The van der Waals surface area contributed by atoms with Gasteiger partial charge in [0.2, 0.25) is 5.28 Å². The fraction of sp³-hybridized carbons (Fsp3) is 0.0690. The van der Waals surface area contributed by atoms with Crippen molar-refractivity contribution in [1.29, 1.82) is 0 Å². The number of benzene rings is 16. The van der Waals surface area contributed by atoms with Gasteiger partial charge in [0.05, 0.1) is 22.0 Å². The molecule has 1 fully saturated rings. The zero-order valence-corrected chi connectivity index (χ0v) is 74.0. The van der Waals surface area contributed by atoms with Crippen LogP contribution in [0.25, 0.3) is 148 Å². The summed E-state index contributed by atoms with van der Waals surface area (Å²) < 4.78 is 26.5. The lowest BCUT2D eigenvalue weighted by molar-refractivity contribution is 0.00578. The van der Waals surface area contributed by atoms with Crippen LogP contribution in [0, 0.1) is 0 Å². The molecule has 2 spiro atoms. The van der Waals surface area contributed by atoms with Gasteiger partial charge in [0.15, 0.2) is 64.1 Å². The minimum atomic E-state index is -0.730. The van der Waals surface area contributed by atoms with Gasteiger partial charge in [-0.25, -0.2) is 49.8 Å². The molecule has 18 heteroatoms. The Balaban J connectivity index is 0.000000128. The summed E-state index contributed by atoms with van der Waals surface area (Å²) in [5.41, 5.74) is 21.6. The molecule has 0 radical (unpaired) electrons. The third-order valence-electron chi connectivity index (χ3n) is 26.0. The zero-order chi connectivity index (χ0) is 90.1. The Bertz CT molecular complexity index is 7580. The highest BCUT2D eigenvalue weighted by Gasteiger charge is 2.56. The second-order valence-corrected chi connectivity index (χ2v) is 34.7. The Labute approximate surface area is 780 Å². The Morgan fingerprint density at radius 3 is 0.739 bits per heavy atom. The number of hydrogen-bond acceptors (Lipinski definition) is 16. The van der Waals surface area contributed by atoms with Crippen molar-refractivity contribution < 1.29 is 18.8 Å². The summed E-state index contributed by atoms with van der Waals surface area (Å²) in [4.78, 5) is 59.1. The molecule has 0 bridgehead atoms. The van der Waals surface area contributed by atoms with Crippen molar-refractivity contribution in [1.82, 2.24) is 59.8 Å². The summed E-state index contributed by atoms with van der Waals surface area (Å²) in [7, 11) is -0.529. The van der Waals surface area contributed by atoms with Gasteiger partial charge < -0.3 is 18.8 Å². The molecule has 638 valence electrons. The van der Waals surface area contributed by atoms with Crippen LogP contribution in [-0.4, -0.2) is 78.1 Å². The average molecular weight is 1750 g/mol. The summed E-state index contributed by atoms with van der Waals surface area (Å²) in [6, 6.07) is 140. The molecule has 1 saturated heterocycles. The van der Waals surface area contributed by atoms with E-state index in [1.807, 2.05) is 267 Å². The van der Waals surface area contributed by atoms with Crippen molar-refractivity contribution >= 4 is 24.2 Å². The molecule has 0 N–H and O–H groups in total. The maximum Gasteiger partial charge on any atom is 0.494 e. The number of ether oxygens (including phenoxy) is 2. The number of hydrogen-bond donors (Lipinski definition) is 0. The molecule has 7 heterocycles. The topological polar surface area (TPSA) is 192 Å². The standard InChI is InChI=1S/C55H34N6O.C46H36BN3O3.C15H10ClN3/c1-5-18-35(19-6-1)49-56-50(36-20-7-2-8-21-36)59-53(58-49)39-32-33-42-41(34-39)48-40(54-60-51(37-22-9-3-10-23-37)57-52(61-54)38-24-11-4-12-25-38)26-17-29-45(48)55(42)43-27-13-15-30-46(43)62-47-31-16-14-28-44(47)55;1-44(2)45(3,4)53-47(52-44)31-26-27-34-33(28-31)40-32(43-49-41(29-16-7-5-8-17-29)48-42(50-43)30-18-9-6-10-19-30)20-15-23-37(40)46(34)35-21-11-13-24-38(35)51-39-25-14-12-22-36(39)46;16-15-18-13(11-7-3-1-4-8-11)17-14(19-15)12-9-5-2-6-10-12/h1-34H;5-28H,1-4H3;1-10H. The van der Waals surface area contributed by atoms with E-state index in [0.29, 0.717) is 64.1 Å². The van der Waals surface area contributed by atoms with E-state index in [1.54, 1.807) is 0 Å². The first-order valence-corrected chi connectivity index (χ1v) is 45.0. The van der Waals surface area contributed by atoms with Crippen LogP contribution in [0.5, 0.6) is 23.0 Å². The van der Waals surface area contributed by atoms with E-state index in [-0.39, 0.29) is 5.28 Å². The number of fused-ring (bicyclic) bond motifs is 18. The second kappa shape index (κ2) is 33.7. The van der Waals surface area contributed by atoms with E-state index < -0.39 is 29.2 Å². The van der Waals surface area contributed by atoms with Gasteiger partial charge in [-0.1, -0.05) is 382 Å². The van der Waals surface area contributed by atoms with Crippen LogP contribution in [0.2, 0.25) is 5.28 Å². The van der Waals surface area contributed by atoms with Crippen molar-refractivity contribution in [3.8, 4) is 171 Å². The number of rotatable bonds is 12. The van der Waals surface area contributed by atoms with Crippen LogP contribution in [0.3, 0.4) is 0 Å². The number of para-hydroxylation sites is 4. The van der Waals surface area contributed by atoms with E-state index in [2.05, 4.69) is 188 Å². The van der Waals surface area contributed by atoms with Crippen LogP contribution in [0.1, 0.15) is 72.2 Å². The molecular formula is C116H80BClN12O4. The molecule has 0 saturated carbocycles. The molecule has 25 rings (SSSR count). The number of halogens is 1. The quantitative estimate of drug-likeness (QED) is 0.105. The van der Waals surface area contributed by atoms with Crippen molar-refractivity contribution in [3.05, 3.63) is 462 Å². The lowest BCUT2D eigenvalue weighted by Crippen LogP contribution is -2.41. The first-order chi connectivity index (χ1) is 65.8. The van der Waals surface area contributed by atoms with Crippen molar-refractivity contribution in [2.45, 2.75) is 49.7 Å². The van der Waals surface area contributed by atoms with Gasteiger partial charge in [0.1, 0.15) is 23.0 Å².